The summed E-state index contributed by atoms with van der Waals surface area (Å²) in [5.74, 6) is 0.266. The molecule has 2 heterocycles. The van der Waals surface area contributed by atoms with Gasteiger partial charge in [-0.15, -0.1) is 0 Å². The molecule has 0 aromatic heterocycles. The molecule has 0 aliphatic carbocycles. The van der Waals surface area contributed by atoms with Crippen molar-refractivity contribution < 1.29 is 14.3 Å². The van der Waals surface area contributed by atoms with E-state index in [9.17, 15) is 9.59 Å². The Bertz CT molecular complexity index is 246. The zero-order valence-corrected chi connectivity index (χ0v) is 8.20. The van der Waals surface area contributed by atoms with Crippen molar-refractivity contribution in [2.24, 2.45) is 0 Å². The Balaban J connectivity index is 1.88. The van der Waals surface area contributed by atoms with Crippen LogP contribution in [0.15, 0.2) is 0 Å². The second kappa shape index (κ2) is 4.09. The average molecular weight is 197 g/mol. The van der Waals surface area contributed by atoms with Gasteiger partial charge in [-0.3, -0.25) is 9.59 Å². The van der Waals surface area contributed by atoms with Gasteiger partial charge in [-0.05, 0) is 12.8 Å². The van der Waals surface area contributed by atoms with E-state index in [1.807, 2.05) is 0 Å². The predicted octanol–water partition coefficient (Wildman–Crippen LogP) is 0.357. The second-order valence-corrected chi connectivity index (χ2v) is 3.95. The maximum atomic E-state index is 11.4. The summed E-state index contributed by atoms with van der Waals surface area (Å²) in [6.07, 6.45) is 3.04. The maximum absolute atomic E-state index is 11.4. The molecule has 0 aromatic rings. The summed E-state index contributed by atoms with van der Waals surface area (Å²) in [7, 11) is 0. The summed E-state index contributed by atoms with van der Waals surface area (Å²) in [5.41, 5.74) is 0. The van der Waals surface area contributed by atoms with Crippen LogP contribution in [-0.2, 0) is 14.3 Å². The van der Waals surface area contributed by atoms with Gasteiger partial charge in [0.05, 0.1) is 12.6 Å². The van der Waals surface area contributed by atoms with Gasteiger partial charge in [0.15, 0.2) is 5.78 Å². The normalized spacial score (nSPS) is 28.6. The lowest BCUT2D eigenvalue weighted by atomic mass is 10.1. The molecule has 1 unspecified atom stereocenters. The van der Waals surface area contributed by atoms with E-state index in [2.05, 4.69) is 0 Å². The third kappa shape index (κ3) is 2.12. The fourth-order valence-corrected chi connectivity index (χ4v) is 1.99. The Morgan fingerprint density at radius 2 is 2.21 bits per heavy atom. The molecule has 2 fully saturated rings. The number of Topliss-reactive ketones (excluding diaryl/α,β-unsaturated/α-hetero) is 1. The smallest absolute Gasteiger partial charge is 0.223 e. The highest BCUT2D eigenvalue weighted by atomic mass is 16.5. The van der Waals surface area contributed by atoms with Crippen molar-refractivity contribution in [2.75, 3.05) is 19.7 Å². The topological polar surface area (TPSA) is 46.6 Å². The monoisotopic (exact) mass is 197 g/mol. The number of likely N-dealkylation sites (tertiary alicyclic amines) is 1. The number of piperidine rings is 1. The van der Waals surface area contributed by atoms with E-state index >= 15 is 0 Å². The van der Waals surface area contributed by atoms with Crippen molar-refractivity contribution >= 4 is 11.7 Å². The van der Waals surface area contributed by atoms with Crippen molar-refractivity contribution in [2.45, 2.75) is 31.8 Å². The molecule has 0 bridgehead atoms. The van der Waals surface area contributed by atoms with Crippen molar-refractivity contribution in [1.82, 2.24) is 4.90 Å². The molecule has 0 saturated carbocycles. The van der Waals surface area contributed by atoms with Crippen LogP contribution >= 0.6 is 0 Å². The second-order valence-electron chi connectivity index (χ2n) is 3.95. The van der Waals surface area contributed by atoms with Crippen LogP contribution < -0.4 is 0 Å². The SMILES string of the molecule is O=C1CCC(=O)N(CC2CCCO2)C1. The molecule has 2 aliphatic heterocycles. The number of ether oxygens (including phenoxy) is 1. The zero-order valence-electron chi connectivity index (χ0n) is 8.20. The quantitative estimate of drug-likeness (QED) is 0.642. The van der Waals surface area contributed by atoms with E-state index in [-0.39, 0.29) is 17.8 Å². The Morgan fingerprint density at radius 3 is 2.93 bits per heavy atom. The minimum absolute atomic E-state index is 0.0973. The highest BCUT2D eigenvalue weighted by Gasteiger charge is 2.27. The standard InChI is InChI=1S/C10H15NO3/c12-8-3-4-10(13)11(6-8)7-9-2-1-5-14-9/h9H,1-7H2. The molecule has 2 rings (SSSR count). The summed E-state index contributed by atoms with van der Waals surface area (Å²) in [6, 6.07) is 0. The van der Waals surface area contributed by atoms with Crippen LogP contribution in [-0.4, -0.2) is 42.4 Å². The number of hydrogen-bond donors (Lipinski definition) is 0. The van der Waals surface area contributed by atoms with Crippen LogP contribution in [0, 0.1) is 0 Å². The predicted molar refractivity (Wildman–Crippen MR) is 49.8 cm³/mol. The zero-order chi connectivity index (χ0) is 9.97. The summed E-state index contributed by atoms with van der Waals surface area (Å²) < 4.78 is 5.43. The molecule has 0 spiro atoms. The fraction of sp³-hybridized carbons (Fsp3) is 0.800. The number of amides is 1. The molecular formula is C10H15NO3. The van der Waals surface area contributed by atoms with Crippen LogP contribution in [0.2, 0.25) is 0 Å². The van der Waals surface area contributed by atoms with Crippen LogP contribution in [0.1, 0.15) is 25.7 Å². The summed E-state index contributed by atoms with van der Waals surface area (Å²) in [6.45, 7) is 1.68. The van der Waals surface area contributed by atoms with Gasteiger partial charge >= 0.3 is 0 Å². The van der Waals surface area contributed by atoms with Crippen LogP contribution in [0.4, 0.5) is 0 Å². The lowest BCUT2D eigenvalue weighted by Crippen LogP contribution is -2.44. The first-order valence-corrected chi connectivity index (χ1v) is 5.17. The van der Waals surface area contributed by atoms with E-state index in [0.717, 1.165) is 19.4 Å². The van der Waals surface area contributed by atoms with Gasteiger partial charge in [0.25, 0.3) is 0 Å². The van der Waals surface area contributed by atoms with Crippen molar-refractivity contribution in [3.05, 3.63) is 0 Å². The molecular weight excluding hydrogens is 182 g/mol. The first kappa shape index (κ1) is 9.65. The number of ketones is 1. The number of nitrogens with zero attached hydrogens (tertiary/aromatic N) is 1. The van der Waals surface area contributed by atoms with E-state index in [0.29, 0.717) is 25.9 Å². The molecule has 0 radical (unpaired) electrons. The summed E-state index contributed by atoms with van der Waals surface area (Å²) >= 11 is 0. The first-order valence-electron chi connectivity index (χ1n) is 5.17. The molecule has 78 valence electrons. The van der Waals surface area contributed by atoms with Crippen LogP contribution in [0.25, 0.3) is 0 Å². The largest absolute Gasteiger partial charge is 0.376 e. The third-order valence-corrected chi connectivity index (χ3v) is 2.79. The maximum Gasteiger partial charge on any atom is 0.223 e. The van der Waals surface area contributed by atoms with Gasteiger partial charge in [0.1, 0.15) is 0 Å². The van der Waals surface area contributed by atoms with Gasteiger partial charge in [0.2, 0.25) is 5.91 Å². The number of hydrogen-bond acceptors (Lipinski definition) is 3. The number of carbonyl (C=O) groups is 2. The molecule has 4 nitrogen and oxygen atoms in total. The highest BCUT2D eigenvalue weighted by Crippen LogP contribution is 2.16. The molecule has 1 amide bonds. The number of carbonyl (C=O) groups excluding carboxylic acids is 2. The fourth-order valence-electron chi connectivity index (χ4n) is 1.99. The Kier molecular flexibility index (Phi) is 2.82. The highest BCUT2D eigenvalue weighted by molar-refractivity contribution is 5.92. The minimum Gasteiger partial charge on any atom is -0.376 e. The Morgan fingerprint density at radius 1 is 1.36 bits per heavy atom. The van der Waals surface area contributed by atoms with Crippen LogP contribution in [0.5, 0.6) is 0 Å². The van der Waals surface area contributed by atoms with E-state index in [1.54, 1.807) is 4.90 Å². The van der Waals surface area contributed by atoms with Crippen LogP contribution in [0.3, 0.4) is 0 Å². The molecule has 14 heavy (non-hydrogen) atoms. The van der Waals surface area contributed by atoms with Gasteiger partial charge < -0.3 is 9.64 Å². The molecule has 4 heteroatoms. The average Bonchev–Trinajstić information content (AvgIpc) is 2.64. The lowest BCUT2D eigenvalue weighted by molar-refractivity contribution is -0.141. The lowest BCUT2D eigenvalue weighted by Gasteiger charge is -2.27. The van der Waals surface area contributed by atoms with Crippen molar-refractivity contribution in [3.8, 4) is 0 Å². The van der Waals surface area contributed by atoms with Crippen molar-refractivity contribution in [3.63, 3.8) is 0 Å². The van der Waals surface area contributed by atoms with Gasteiger partial charge in [-0.2, -0.15) is 0 Å². The van der Waals surface area contributed by atoms with E-state index in [1.165, 1.54) is 0 Å². The Hall–Kier alpha value is -0.900. The Labute approximate surface area is 83.2 Å². The van der Waals surface area contributed by atoms with Gasteiger partial charge in [0, 0.05) is 26.0 Å². The van der Waals surface area contributed by atoms with Gasteiger partial charge in [-0.1, -0.05) is 0 Å². The molecule has 0 N–H and O–H groups in total. The molecule has 1 atom stereocenters. The van der Waals surface area contributed by atoms with Crippen molar-refractivity contribution in [1.29, 1.82) is 0 Å². The molecule has 2 aliphatic rings. The molecule has 0 aromatic carbocycles. The van der Waals surface area contributed by atoms with E-state index < -0.39 is 0 Å². The summed E-state index contributed by atoms with van der Waals surface area (Å²) in [4.78, 5) is 24.2. The molecule has 2 saturated heterocycles. The van der Waals surface area contributed by atoms with Gasteiger partial charge in [-0.25, -0.2) is 0 Å². The summed E-state index contributed by atoms with van der Waals surface area (Å²) in [5, 5.41) is 0. The number of rotatable bonds is 2. The van der Waals surface area contributed by atoms with E-state index in [4.69, 9.17) is 4.74 Å². The minimum atomic E-state index is 0.0973. The third-order valence-electron chi connectivity index (χ3n) is 2.79. The first-order chi connectivity index (χ1) is 6.75.